The van der Waals surface area contributed by atoms with Crippen molar-refractivity contribution in [2.45, 2.75) is 0 Å². The molecule has 5 nitrogen and oxygen atoms in total. The van der Waals surface area contributed by atoms with Crippen LogP contribution in [0.25, 0.3) is 12.2 Å². The molecule has 0 spiro atoms. The van der Waals surface area contributed by atoms with E-state index in [9.17, 15) is 4.79 Å². The van der Waals surface area contributed by atoms with Crippen molar-refractivity contribution in [2.75, 3.05) is 0 Å². The smallest absolute Gasteiger partial charge is 0.354 e. The monoisotopic (exact) mass is 285 g/mol. The third-order valence-electron chi connectivity index (χ3n) is 2.47. The molecule has 0 saturated carbocycles. The summed E-state index contributed by atoms with van der Waals surface area (Å²) in [5, 5.41) is 18.2. The summed E-state index contributed by atoms with van der Waals surface area (Å²) in [6.45, 7) is 0. The van der Waals surface area contributed by atoms with Crippen molar-refractivity contribution in [3.63, 3.8) is 0 Å². The molecule has 20 heavy (non-hydrogen) atoms. The van der Waals surface area contributed by atoms with Crippen LogP contribution in [0.4, 0.5) is 0 Å². The molecule has 0 aliphatic heterocycles. The zero-order valence-electron chi connectivity index (χ0n) is 10.1. The number of hydrogen-bond donors (Lipinski definition) is 1. The van der Waals surface area contributed by atoms with Gasteiger partial charge >= 0.3 is 5.97 Å². The molecule has 0 radical (unpaired) electrons. The number of nitriles is 1. The molecule has 2 aromatic heterocycles. The molecule has 98 valence electrons. The van der Waals surface area contributed by atoms with E-state index < -0.39 is 5.97 Å². The second-order valence-electron chi connectivity index (χ2n) is 3.76. The summed E-state index contributed by atoms with van der Waals surface area (Å²) in [6.07, 6.45) is 4.72. The van der Waals surface area contributed by atoms with Gasteiger partial charge in [0.25, 0.3) is 0 Å². The van der Waals surface area contributed by atoms with E-state index >= 15 is 0 Å². The van der Waals surface area contributed by atoms with E-state index in [1.54, 1.807) is 24.4 Å². The molecule has 0 unspecified atom stereocenters. The zero-order valence-corrected chi connectivity index (χ0v) is 10.9. The van der Waals surface area contributed by atoms with E-state index in [1.165, 1.54) is 18.2 Å². The van der Waals surface area contributed by atoms with Gasteiger partial charge in [0.1, 0.15) is 16.9 Å². The minimum absolute atomic E-state index is 0.124. The molecule has 0 atom stereocenters. The van der Waals surface area contributed by atoms with Crippen molar-refractivity contribution in [3.8, 4) is 6.07 Å². The molecule has 0 fully saturated rings. The Balaban J connectivity index is 2.42. The number of hydrogen-bond acceptors (Lipinski definition) is 4. The molecule has 0 saturated heterocycles. The molecular formula is C14H8ClN3O2. The molecule has 0 aliphatic rings. The molecular weight excluding hydrogens is 278 g/mol. The lowest BCUT2D eigenvalue weighted by Crippen LogP contribution is -2.02. The number of halogens is 1. The minimum atomic E-state index is -1.15. The maximum absolute atomic E-state index is 10.9. The van der Waals surface area contributed by atoms with Crippen LogP contribution < -0.4 is 0 Å². The number of carboxylic acid groups (broad SMARTS) is 1. The lowest BCUT2D eigenvalue weighted by atomic mass is 10.1. The van der Waals surface area contributed by atoms with Gasteiger partial charge in [-0.25, -0.2) is 14.8 Å². The van der Waals surface area contributed by atoms with E-state index in [0.717, 1.165) is 0 Å². The minimum Gasteiger partial charge on any atom is -0.477 e. The predicted molar refractivity (Wildman–Crippen MR) is 74.1 cm³/mol. The molecule has 1 N–H and O–H groups in total. The van der Waals surface area contributed by atoms with Crippen LogP contribution in [0.5, 0.6) is 0 Å². The standard InChI is InChI=1S/C14H8ClN3O2/c15-13-9(2-1-7-17-13)3-5-11-10(8-16)4-6-12(18-11)14(19)20/h1-7H,(H,19,20). The summed E-state index contributed by atoms with van der Waals surface area (Å²) < 4.78 is 0. The first-order valence-electron chi connectivity index (χ1n) is 5.55. The van der Waals surface area contributed by atoms with E-state index in [4.69, 9.17) is 22.0 Å². The average Bonchev–Trinajstić information content (AvgIpc) is 2.46. The lowest BCUT2D eigenvalue weighted by molar-refractivity contribution is 0.0690. The van der Waals surface area contributed by atoms with Gasteiger partial charge in [0.15, 0.2) is 0 Å². The fourth-order valence-corrected chi connectivity index (χ4v) is 1.69. The van der Waals surface area contributed by atoms with Crippen LogP contribution in [-0.4, -0.2) is 21.0 Å². The lowest BCUT2D eigenvalue weighted by Gasteiger charge is -2.00. The Morgan fingerprint density at radius 1 is 1.35 bits per heavy atom. The van der Waals surface area contributed by atoms with Gasteiger partial charge in [0.2, 0.25) is 0 Å². The zero-order chi connectivity index (χ0) is 14.5. The van der Waals surface area contributed by atoms with Crippen LogP contribution in [0.3, 0.4) is 0 Å². The van der Waals surface area contributed by atoms with Gasteiger partial charge in [-0.1, -0.05) is 17.7 Å². The quantitative estimate of drug-likeness (QED) is 0.876. The largest absolute Gasteiger partial charge is 0.477 e. The fourth-order valence-electron chi connectivity index (χ4n) is 1.51. The number of aromatic carboxylic acids is 1. The highest BCUT2D eigenvalue weighted by atomic mass is 35.5. The van der Waals surface area contributed by atoms with E-state index in [0.29, 0.717) is 10.7 Å². The predicted octanol–water partition coefficient (Wildman–Crippen LogP) is 2.87. The van der Waals surface area contributed by atoms with Crippen molar-refractivity contribution >= 4 is 29.7 Å². The Hall–Kier alpha value is -2.71. The van der Waals surface area contributed by atoms with Crippen LogP contribution >= 0.6 is 11.6 Å². The first kappa shape index (κ1) is 13.7. The fraction of sp³-hybridized carbons (Fsp3) is 0. The third kappa shape index (κ3) is 2.99. The van der Waals surface area contributed by atoms with Crippen molar-refractivity contribution < 1.29 is 9.90 Å². The van der Waals surface area contributed by atoms with Crippen molar-refractivity contribution in [1.82, 2.24) is 9.97 Å². The van der Waals surface area contributed by atoms with E-state index in [2.05, 4.69) is 9.97 Å². The Morgan fingerprint density at radius 3 is 2.80 bits per heavy atom. The number of aromatic nitrogens is 2. The van der Waals surface area contributed by atoms with Gasteiger partial charge in [0, 0.05) is 11.8 Å². The van der Waals surface area contributed by atoms with Gasteiger partial charge in [-0.3, -0.25) is 0 Å². The summed E-state index contributed by atoms with van der Waals surface area (Å²) in [5.41, 5.74) is 1.08. The Morgan fingerprint density at radius 2 is 2.15 bits per heavy atom. The van der Waals surface area contributed by atoms with Gasteiger partial charge in [-0.15, -0.1) is 0 Å². The molecule has 2 heterocycles. The van der Waals surface area contributed by atoms with Crippen LogP contribution in [0.2, 0.25) is 5.15 Å². The maximum Gasteiger partial charge on any atom is 0.354 e. The Labute approximate surface area is 119 Å². The second kappa shape index (κ2) is 5.95. The first-order valence-corrected chi connectivity index (χ1v) is 5.92. The number of rotatable bonds is 3. The summed E-state index contributed by atoms with van der Waals surface area (Å²) in [7, 11) is 0. The average molecular weight is 286 g/mol. The van der Waals surface area contributed by atoms with E-state index in [-0.39, 0.29) is 17.0 Å². The molecule has 0 aromatic carbocycles. The number of carboxylic acids is 1. The Bertz CT molecular complexity index is 735. The van der Waals surface area contributed by atoms with Gasteiger partial charge in [0.05, 0.1) is 11.3 Å². The van der Waals surface area contributed by atoms with Gasteiger partial charge in [-0.2, -0.15) is 5.26 Å². The highest BCUT2D eigenvalue weighted by molar-refractivity contribution is 6.30. The Kier molecular flexibility index (Phi) is 4.08. The first-order chi connectivity index (χ1) is 9.61. The van der Waals surface area contributed by atoms with Crippen LogP contribution in [-0.2, 0) is 0 Å². The molecule has 0 amide bonds. The number of carbonyl (C=O) groups is 1. The highest BCUT2D eigenvalue weighted by Gasteiger charge is 2.08. The second-order valence-corrected chi connectivity index (χ2v) is 4.12. The van der Waals surface area contributed by atoms with Crippen molar-refractivity contribution in [1.29, 1.82) is 5.26 Å². The van der Waals surface area contributed by atoms with Crippen LogP contribution in [0.15, 0.2) is 30.5 Å². The summed E-state index contributed by atoms with van der Waals surface area (Å²) in [4.78, 5) is 18.7. The SMILES string of the molecule is N#Cc1ccc(C(=O)O)nc1C=Cc1cccnc1Cl. The van der Waals surface area contributed by atoms with Crippen molar-refractivity contribution in [3.05, 3.63) is 58.1 Å². The number of nitrogens with zero attached hydrogens (tertiary/aromatic N) is 3. The van der Waals surface area contributed by atoms with Crippen molar-refractivity contribution in [2.24, 2.45) is 0 Å². The highest BCUT2D eigenvalue weighted by Crippen LogP contribution is 2.16. The molecule has 0 aliphatic carbocycles. The molecule has 2 aromatic rings. The molecule has 2 rings (SSSR count). The third-order valence-corrected chi connectivity index (χ3v) is 2.79. The normalized spacial score (nSPS) is 10.4. The summed E-state index contributed by atoms with van der Waals surface area (Å²) in [5.74, 6) is -1.15. The summed E-state index contributed by atoms with van der Waals surface area (Å²) >= 11 is 5.90. The molecule has 0 bridgehead atoms. The van der Waals surface area contributed by atoms with Crippen LogP contribution in [0, 0.1) is 11.3 Å². The summed E-state index contributed by atoms with van der Waals surface area (Å²) in [6, 6.07) is 8.13. The van der Waals surface area contributed by atoms with Gasteiger partial charge < -0.3 is 5.11 Å². The number of pyridine rings is 2. The van der Waals surface area contributed by atoms with E-state index in [1.807, 2.05) is 6.07 Å². The maximum atomic E-state index is 10.9. The molecule has 6 heteroatoms. The van der Waals surface area contributed by atoms with Crippen LogP contribution in [0.1, 0.15) is 27.3 Å². The van der Waals surface area contributed by atoms with Gasteiger partial charge in [-0.05, 0) is 30.4 Å². The topological polar surface area (TPSA) is 86.9 Å².